The average molecular weight is 594 g/mol. The van der Waals surface area contributed by atoms with Gasteiger partial charge >= 0.3 is 0 Å². The van der Waals surface area contributed by atoms with Crippen molar-refractivity contribution >= 4 is 59.3 Å². The van der Waals surface area contributed by atoms with Crippen molar-refractivity contribution < 1.29 is 0 Å². The standard InChI is InChI=1S/C43H31NS/c1-43(2)37-18-8-5-14-32(37)33-25-24-31(27-38(33)43)44(30-23-22-28-12-3-4-13-29(28)26-30)39-19-9-6-15-34(39)35-17-11-21-41-42(35)36-16-7-10-20-40(36)45-41/h3-27H,1-2H3. The van der Waals surface area contributed by atoms with E-state index in [-0.39, 0.29) is 5.41 Å². The number of benzene rings is 7. The van der Waals surface area contributed by atoms with Crippen molar-refractivity contribution in [2.75, 3.05) is 4.90 Å². The summed E-state index contributed by atoms with van der Waals surface area (Å²) >= 11 is 1.87. The molecule has 0 fully saturated rings. The Morgan fingerprint density at radius 2 is 1.11 bits per heavy atom. The number of para-hydroxylation sites is 1. The quantitative estimate of drug-likeness (QED) is 0.196. The maximum Gasteiger partial charge on any atom is 0.0540 e. The Hall–Kier alpha value is -5.18. The van der Waals surface area contributed by atoms with E-state index >= 15 is 0 Å². The lowest BCUT2D eigenvalue weighted by molar-refractivity contribution is 0.660. The zero-order valence-electron chi connectivity index (χ0n) is 25.3. The van der Waals surface area contributed by atoms with Crippen LogP contribution in [-0.4, -0.2) is 0 Å². The van der Waals surface area contributed by atoms with Crippen LogP contribution in [0.3, 0.4) is 0 Å². The molecule has 214 valence electrons. The zero-order valence-corrected chi connectivity index (χ0v) is 26.1. The highest BCUT2D eigenvalue weighted by molar-refractivity contribution is 7.25. The summed E-state index contributed by atoms with van der Waals surface area (Å²) in [6, 6.07) is 55.9. The van der Waals surface area contributed by atoms with E-state index in [2.05, 4.69) is 170 Å². The molecule has 1 aromatic heterocycles. The number of hydrogen-bond acceptors (Lipinski definition) is 2. The molecule has 0 spiro atoms. The van der Waals surface area contributed by atoms with Gasteiger partial charge in [-0.15, -0.1) is 11.3 Å². The molecule has 8 aromatic rings. The van der Waals surface area contributed by atoms with E-state index in [1.807, 2.05) is 11.3 Å². The summed E-state index contributed by atoms with van der Waals surface area (Å²) in [6.45, 7) is 4.72. The lowest BCUT2D eigenvalue weighted by atomic mass is 9.82. The fourth-order valence-electron chi connectivity index (χ4n) is 7.47. The topological polar surface area (TPSA) is 3.24 Å². The molecule has 1 nitrogen and oxygen atoms in total. The van der Waals surface area contributed by atoms with Crippen LogP contribution in [0, 0.1) is 0 Å². The van der Waals surface area contributed by atoms with Crippen LogP contribution in [0.2, 0.25) is 0 Å². The first-order valence-corrected chi connectivity index (χ1v) is 16.4. The van der Waals surface area contributed by atoms with Gasteiger partial charge in [0.25, 0.3) is 0 Å². The molecule has 2 heteroatoms. The van der Waals surface area contributed by atoms with Gasteiger partial charge < -0.3 is 4.90 Å². The predicted octanol–water partition coefficient (Wildman–Crippen LogP) is 12.7. The number of hydrogen-bond donors (Lipinski definition) is 0. The minimum absolute atomic E-state index is 0.0856. The molecule has 0 atom stereocenters. The van der Waals surface area contributed by atoms with E-state index in [1.165, 1.54) is 75.7 Å². The number of rotatable bonds is 4. The Kier molecular flexibility index (Phi) is 5.78. The van der Waals surface area contributed by atoms with Crippen molar-refractivity contribution in [2.24, 2.45) is 0 Å². The largest absolute Gasteiger partial charge is 0.310 e. The van der Waals surface area contributed by atoms with Crippen molar-refractivity contribution in [3.05, 3.63) is 163 Å². The summed E-state index contributed by atoms with van der Waals surface area (Å²) in [6.07, 6.45) is 0. The summed E-state index contributed by atoms with van der Waals surface area (Å²) in [7, 11) is 0. The van der Waals surface area contributed by atoms with Crippen LogP contribution in [-0.2, 0) is 5.41 Å². The Labute approximate surface area is 267 Å². The second-order valence-corrected chi connectivity index (χ2v) is 13.6. The van der Waals surface area contributed by atoms with E-state index in [0.717, 1.165) is 5.69 Å². The molecule has 0 saturated carbocycles. The van der Waals surface area contributed by atoms with Gasteiger partial charge in [-0.2, -0.15) is 0 Å². The molecule has 1 aliphatic carbocycles. The van der Waals surface area contributed by atoms with E-state index in [4.69, 9.17) is 0 Å². The van der Waals surface area contributed by atoms with Crippen LogP contribution in [0.25, 0.3) is 53.2 Å². The SMILES string of the molecule is CC1(C)c2ccccc2-c2ccc(N(c3ccc4ccccc4c3)c3ccccc3-c3cccc4sc5ccccc5c34)cc21. The number of anilines is 3. The Bertz CT molecular complexity index is 2430. The van der Waals surface area contributed by atoms with Gasteiger partial charge in [0.15, 0.2) is 0 Å². The third-order valence-electron chi connectivity index (χ3n) is 9.65. The Balaban J connectivity index is 1.31. The van der Waals surface area contributed by atoms with Gasteiger partial charge in [-0.1, -0.05) is 123 Å². The van der Waals surface area contributed by atoms with E-state index in [0.29, 0.717) is 0 Å². The van der Waals surface area contributed by atoms with Crippen LogP contribution >= 0.6 is 11.3 Å². The van der Waals surface area contributed by atoms with Gasteiger partial charge in [0.2, 0.25) is 0 Å². The van der Waals surface area contributed by atoms with Crippen LogP contribution in [0.4, 0.5) is 17.1 Å². The van der Waals surface area contributed by atoms with Crippen LogP contribution in [0.5, 0.6) is 0 Å². The molecular weight excluding hydrogens is 563 g/mol. The predicted molar refractivity (Wildman–Crippen MR) is 195 cm³/mol. The molecular formula is C43H31NS. The zero-order chi connectivity index (χ0) is 30.1. The highest BCUT2D eigenvalue weighted by Gasteiger charge is 2.36. The molecule has 0 aliphatic heterocycles. The van der Waals surface area contributed by atoms with Crippen LogP contribution in [0.15, 0.2) is 152 Å². The molecule has 0 unspecified atom stereocenters. The number of fused-ring (bicyclic) bond motifs is 7. The maximum atomic E-state index is 2.47. The minimum Gasteiger partial charge on any atom is -0.310 e. The summed E-state index contributed by atoms with van der Waals surface area (Å²) in [5.74, 6) is 0. The van der Waals surface area contributed by atoms with E-state index in [1.54, 1.807) is 0 Å². The molecule has 1 aliphatic rings. The molecule has 0 bridgehead atoms. The van der Waals surface area contributed by atoms with Crippen molar-refractivity contribution in [1.82, 2.24) is 0 Å². The molecule has 45 heavy (non-hydrogen) atoms. The van der Waals surface area contributed by atoms with Gasteiger partial charge in [0.05, 0.1) is 5.69 Å². The molecule has 0 saturated heterocycles. The second-order valence-electron chi connectivity index (χ2n) is 12.6. The summed E-state index contributed by atoms with van der Waals surface area (Å²) in [4.78, 5) is 2.47. The van der Waals surface area contributed by atoms with Crippen molar-refractivity contribution in [1.29, 1.82) is 0 Å². The lowest BCUT2D eigenvalue weighted by Crippen LogP contribution is -2.16. The lowest BCUT2D eigenvalue weighted by Gasteiger charge is -2.30. The molecule has 0 N–H and O–H groups in total. The van der Waals surface area contributed by atoms with Gasteiger partial charge in [0, 0.05) is 42.5 Å². The highest BCUT2D eigenvalue weighted by atomic mass is 32.1. The Morgan fingerprint density at radius 3 is 2.02 bits per heavy atom. The first-order valence-electron chi connectivity index (χ1n) is 15.6. The summed E-state index contributed by atoms with van der Waals surface area (Å²) in [5.41, 5.74) is 11.3. The average Bonchev–Trinajstić information content (AvgIpc) is 3.57. The fourth-order valence-corrected chi connectivity index (χ4v) is 8.60. The second kappa shape index (κ2) is 9.92. The third kappa shape index (κ3) is 3.99. The molecule has 0 amide bonds. The normalized spacial score (nSPS) is 13.3. The molecule has 7 aromatic carbocycles. The highest BCUT2D eigenvalue weighted by Crippen LogP contribution is 2.52. The monoisotopic (exact) mass is 593 g/mol. The van der Waals surface area contributed by atoms with Crippen LogP contribution in [0.1, 0.15) is 25.0 Å². The Morgan fingerprint density at radius 1 is 0.467 bits per heavy atom. The van der Waals surface area contributed by atoms with Gasteiger partial charge in [0.1, 0.15) is 0 Å². The van der Waals surface area contributed by atoms with E-state index in [9.17, 15) is 0 Å². The van der Waals surface area contributed by atoms with Crippen molar-refractivity contribution in [3.63, 3.8) is 0 Å². The minimum atomic E-state index is -0.0856. The van der Waals surface area contributed by atoms with E-state index < -0.39 is 0 Å². The molecule has 0 radical (unpaired) electrons. The maximum absolute atomic E-state index is 2.47. The fraction of sp³-hybridized carbons (Fsp3) is 0.0698. The van der Waals surface area contributed by atoms with Gasteiger partial charge in [-0.25, -0.2) is 0 Å². The molecule has 9 rings (SSSR count). The van der Waals surface area contributed by atoms with Gasteiger partial charge in [-0.3, -0.25) is 0 Å². The van der Waals surface area contributed by atoms with Crippen molar-refractivity contribution in [3.8, 4) is 22.3 Å². The molecule has 1 heterocycles. The smallest absolute Gasteiger partial charge is 0.0540 e. The van der Waals surface area contributed by atoms with Crippen molar-refractivity contribution in [2.45, 2.75) is 19.3 Å². The number of nitrogens with zero attached hydrogens (tertiary/aromatic N) is 1. The summed E-state index contributed by atoms with van der Waals surface area (Å²) < 4.78 is 2.64. The first kappa shape index (κ1) is 26.2. The van der Waals surface area contributed by atoms with Gasteiger partial charge in [-0.05, 0) is 81.1 Å². The first-order chi connectivity index (χ1) is 22.1. The summed E-state index contributed by atoms with van der Waals surface area (Å²) in [5, 5.41) is 5.12. The third-order valence-corrected chi connectivity index (χ3v) is 10.8. The van der Waals surface area contributed by atoms with Crippen LogP contribution < -0.4 is 4.90 Å². The number of thiophene rings is 1.